The van der Waals surface area contributed by atoms with Crippen molar-refractivity contribution in [1.82, 2.24) is 10.1 Å². The molecular formula is C15H22N4O. The summed E-state index contributed by atoms with van der Waals surface area (Å²) in [7, 11) is 0. The molecule has 0 amide bonds. The molecule has 2 rings (SSSR count). The summed E-state index contributed by atoms with van der Waals surface area (Å²) < 4.78 is 5.28. The molecule has 0 spiro atoms. The highest BCUT2D eigenvalue weighted by Crippen LogP contribution is 2.17. The van der Waals surface area contributed by atoms with E-state index in [4.69, 9.17) is 10.3 Å². The summed E-state index contributed by atoms with van der Waals surface area (Å²) in [5, 5.41) is 4.01. The maximum atomic E-state index is 6.16. The number of nitrogens with zero attached hydrogens (tertiary/aromatic N) is 3. The average Bonchev–Trinajstić information content (AvgIpc) is 2.96. The standard InChI is InChI=1S/C15H22N4O/c1-3-19(4-2)15-17-14(20-18-15)11-10-13(16)12-8-6-5-7-9-12/h5-9,13H,3-4,10-11,16H2,1-2H3. The first kappa shape index (κ1) is 14.5. The van der Waals surface area contributed by atoms with Gasteiger partial charge in [-0.25, -0.2) is 0 Å². The van der Waals surface area contributed by atoms with Gasteiger partial charge in [0, 0.05) is 25.6 Å². The molecule has 0 radical (unpaired) electrons. The summed E-state index contributed by atoms with van der Waals surface area (Å²) in [5.74, 6) is 1.32. The number of anilines is 1. The van der Waals surface area contributed by atoms with E-state index in [-0.39, 0.29) is 6.04 Å². The minimum Gasteiger partial charge on any atom is -0.339 e. The molecular weight excluding hydrogens is 252 g/mol. The fourth-order valence-corrected chi connectivity index (χ4v) is 2.13. The Hall–Kier alpha value is -1.88. The number of nitrogens with two attached hydrogens (primary N) is 1. The number of hydrogen-bond donors (Lipinski definition) is 1. The summed E-state index contributed by atoms with van der Waals surface area (Å²) in [4.78, 5) is 6.47. The van der Waals surface area contributed by atoms with Crippen LogP contribution in [0.15, 0.2) is 34.9 Å². The molecule has 1 unspecified atom stereocenters. The molecule has 1 atom stereocenters. The highest BCUT2D eigenvalue weighted by Gasteiger charge is 2.13. The molecule has 0 aliphatic heterocycles. The van der Waals surface area contributed by atoms with Crippen LogP contribution in [0, 0.1) is 0 Å². The highest BCUT2D eigenvalue weighted by molar-refractivity contribution is 5.26. The van der Waals surface area contributed by atoms with Gasteiger partial charge in [0.1, 0.15) is 0 Å². The molecule has 1 aromatic heterocycles. The lowest BCUT2D eigenvalue weighted by molar-refractivity contribution is 0.370. The molecule has 0 bridgehead atoms. The Bertz CT molecular complexity index is 508. The predicted molar refractivity (Wildman–Crippen MR) is 79.6 cm³/mol. The number of hydrogen-bond acceptors (Lipinski definition) is 5. The minimum atomic E-state index is 0.00000310. The van der Waals surface area contributed by atoms with Gasteiger partial charge in [0.2, 0.25) is 5.89 Å². The molecule has 5 heteroatoms. The van der Waals surface area contributed by atoms with E-state index in [2.05, 4.69) is 28.9 Å². The third kappa shape index (κ3) is 3.57. The number of benzene rings is 1. The maximum Gasteiger partial charge on any atom is 0.266 e. The van der Waals surface area contributed by atoms with Crippen molar-refractivity contribution in [3.05, 3.63) is 41.8 Å². The second-order valence-electron chi connectivity index (χ2n) is 4.72. The van der Waals surface area contributed by atoms with Crippen LogP contribution in [0.1, 0.15) is 37.8 Å². The van der Waals surface area contributed by atoms with Gasteiger partial charge in [-0.1, -0.05) is 30.3 Å². The van der Waals surface area contributed by atoms with Crippen molar-refractivity contribution >= 4 is 5.95 Å². The molecule has 0 saturated carbocycles. The quantitative estimate of drug-likeness (QED) is 0.840. The summed E-state index contributed by atoms with van der Waals surface area (Å²) in [5.41, 5.74) is 7.30. The zero-order valence-electron chi connectivity index (χ0n) is 12.1. The smallest absolute Gasteiger partial charge is 0.266 e. The molecule has 1 heterocycles. The van der Waals surface area contributed by atoms with Crippen LogP contribution in [0.2, 0.25) is 0 Å². The second-order valence-corrected chi connectivity index (χ2v) is 4.72. The van der Waals surface area contributed by atoms with Gasteiger partial charge in [-0.15, -0.1) is 0 Å². The monoisotopic (exact) mass is 274 g/mol. The molecule has 0 fully saturated rings. The molecule has 2 N–H and O–H groups in total. The first-order valence-electron chi connectivity index (χ1n) is 7.12. The zero-order valence-corrected chi connectivity index (χ0v) is 12.1. The lowest BCUT2D eigenvalue weighted by Crippen LogP contribution is -2.23. The Morgan fingerprint density at radius 1 is 1.20 bits per heavy atom. The molecule has 108 valence electrons. The average molecular weight is 274 g/mol. The fraction of sp³-hybridized carbons (Fsp3) is 0.467. The van der Waals surface area contributed by atoms with Crippen LogP contribution in [0.5, 0.6) is 0 Å². The van der Waals surface area contributed by atoms with Crippen molar-refractivity contribution in [1.29, 1.82) is 0 Å². The molecule has 0 saturated heterocycles. The van der Waals surface area contributed by atoms with E-state index in [0.717, 1.165) is 25.1 Å². The summed E-state index contributed by atoms with van der Waals surface area (Å²) in [6, 6.07) is 10.1. The van der Waals surface area contributed by atoms with Gasteiger partial charge in [0.15, 0.2) is 0 Å². The number of aromatic nitrogens is 2. The van der Waals surface area contributed by atoms with Gasteiger partial charge < -0.3 is 15.2 Å². The van der Waals surface area contributed by atoms with E-state index in [1.807, 2.05) is 30.3 Å². The Morgan fingerprint density at radius 2 is 1.90 bits per heavy atom. The summed E-state index contributed by atoms with van der Waals surface area (Å²) >= 11 is 0. The van der Waals surface area contributed by atoms with Crippen LogP contribution in [0.25, 0.3) is 0 Å². The van der Waals surface area contributed by atoms with Crippen molar-refractivity contribution in [2.45, 2.75) is 32.7 Å². The fourth-order valence-electron chi connectivity index (χ4n) is 2.13. The third-order valence-corrected chi connectivity index (χ3v) is 3.40. The van der Waals surface area contributed by atoms with Gasteiger partial charge in [0.05, 0.1) is 0 Å². The third-order valence-electron chi connectivity index (χ3n) is 3.40. The SMILES string of the molecule is CCN(CC)c1noc(CCC(N)c2ccccc2)n1. The van der Waals surface area contributed by atoms with Crippen molar-refractivity contribution in [3.8, 4) is 0 Å². The van der Waals surface area contributed by atoms with Crippen molar-refractivity contribution < 1.29 is 4.52 Å². The van der Waals surface area contributed by atoms with Crippen molar-refractivity contribution in [3.63, 3.8) is 0 Å². The molecule has 1 aromatic carbocycles. The lowest BCUT2D eigenvalue weighted by Gasteiger charge is -2.14. The number of rotatable bonds is 7. The first-order valence-corrected chi connectivity index (χ1v) is 7.12. The van der Waals surface area contributed by atoms with E-state index >= 15 is 0 Å². The Balaban J connectivity index is 1.91. The maximum absolute atomic E-state index is 6.16. The topological polar surface area (TPSA) is 68.2 Å². The number of aryl methyl sites for hydroxylation is 1. The van der Waals surface area contributed by atoms with E-state index in [1.165, 1.54) is 0 Å². The Morgan fingerprint density at radius 3 is 2.55 bits per heavy atom. The normalized spacial score (nSPS) is 12.3. The zero-order chi connectivity index (χ0) is 14.4. The van der Waals surface area contributed by atoms with E-state index in [9.17, 15) is 0 Å². The summed E-state index contributed by atoms with van der Waals surface area (Å²) in [6.45, 7) is 5.90. The van der Waals surface area contributed by atoms with Crippen molar-refractivity contribution in [2.24, 2.45) is 5.73 Å². The van der Waals surface area contributed by atoms with Crippen LogP contribution in [0.4, 0.5) is 5.95 Å². The largest absolute Gasteiger partial charge is 0.339 e. The molecule has 20 heavy (non-hydrogen) atoms. The van der Waals surface area contributed by atoms with Gasteiger partial charge in [-0.2, -0.15) is 4.98 Å². The Labute approximate surface area is 119 Å². The van der Waals surface area contributed by atoms with Crippen LogP contribution in [-0.2, 0) is 6.42 Å². The van der Waals surface area contributed by atoms with Crippen LogP contribution in [0.3, 0.4) is 0 Å². The molecule has 2 aromatic rings. The van der Waals surface area contributed by atoms with Gasteiger partial charge >= 0.3 is 0 Å². The van der Waals surface area contributed by atoms with E-state index < -0.39 is 0 Å². The van der Waals surface area contributed by atoms with Gasteiger partial charge in [0.25, 0.3) is 5.95 Å². The van der Waals surface area contributed by atoms with Crippen LogP contribution < -0.4 is 10.6 Å². The van der Waals surface area contributed by atoms with E-state index in [1.54, 1.807) is 0 Å². The van der Waals surface area contributed by atoms with Crippen LogP contribution >= 0.6 is 0 Å². The van der Waals surface area contributed by atoms with Gasteiger partial charge in [-0.05, 0) is 31.0 Å². The molecule has 5 nitrogen and oxygen atoms in total. The second kappa shape index (κ2) is 7.05. The lowest BCUT2D eigenvalue weighted by atomic mass is 10.0. The van der Waals surface area contributed by atoms with Gasteiger partial charge in [-0.3, -0.25) is 0 Å². The highest BCUT2D eigenvalue weighted by atomic mass is 16.5. The Kier molecular flexibility index (Phi) is 5.12. The molecule has 0 aliphatic rings. The summed E-state index contributed by atoms with van der Waals surface area (Å²) in [6.07, 6.45) is 1.49. The predicted octanol–water partition coefficient (Wildman–Crippen LogP) is 2.55. The van der Waals surface area contributed by atoms with Crippen molar-refractivity contribution in [2.75, 3.05) is 18.0 Å². The van der Waals surface area contributed by atoms with E-state index in [0.29, 0.717) is 18.3 Å². The van der Waals surface area contributed by atoms with Crippen LogP contribution in [-0.4, -0.2) is 23.2 Å². The molecule has 0 aliphatic carbocycles. The first-order chi connectivity index (χ1) is 9.74. The minimum absolute atomic E-state index is 0.00000310.